The Morgan fingerprint density at radius 1 is 1.25 bits per heavy atom. The van der Waals surface area contributed by atoms with Crippen molar-refractivity contribution in [2.24, 2.45) is 5.92 Å². The zero-order chi connectivity index (χ0) is 14.5. The second-order valence-electron chi connectivity index (χ2n) is 5.94. The first-order valence-corrected chi connectivity index (χ1v) is 7.75. The van der Waals surface area contributed by atoms with Crippen LogP contribution in [0, 0.1) is 5.92 Å². The molecule has 5 heteroatoms. The van der Waals surface area contributed by atoms with E-state index in [1.54, 1.807) is 18.9 Å². The van der Waals surface area contributed by atoms with Crippen LogP contribution >= 0.6 is 0 Å². The minimum absolute atomic E-state index is 0.0161. The number of hydrogen-bond donors (Lipinski definition) is 1. The summed E-state index contributed by atoms with van der Waals surface area (Å²) in [6.45, 7) is 3.02. The monoisotopic (exact) mass is 282 g/mol. The Morgan fingerprint density at radius 2 is 1.95 bits per heavy atom. The molecule has 20 heavy (non-hydrogen) atoms. The summed E-state index contributed by atoms with van der Waals surface area (Å²) in [4.78, 5) is 26.5. The Morgan fingerprint density at radius 3 is 2.60 bits per heavy atom. The third-order valence-corrected chi connectivity index (χ3v) is 4.56. The zero-order valence-corrected chi connectivity index (χ0v) is 12.6. The van der Waals surface area contributed by atoms with Gasteiger partial charge in [0.1, 0.15) is 12.1 Å². The summed E-state index contributed by atoms with van der Waals surface area (Å²) in [5.41, 5.74) is 0. The van der Waals surface area contributed by atoms with Gasteiger partial charge < -0.3 is 15.0 Å². The fourth-order valence-electron chi connectivity index (χ4n) is 3.32. The number of rotatable bonds is 5. The minimum atomic E-state index is -0.362. The van der Waals surface area contributed by atoms with E-state index in [9.17, 15) is 9.59 Å². The summed E-state index contributed by atoms with van der Waals surface area (Å²) in [7, 11) is 1.65. The molecule has 5 nitrogen and oxygen atoms in total. The Bertz CT molecular complexity index is 353. The number of ether oxygens (including phenoxy) is 1. The molecule has 0 aromatic rings. The molecule has 2 rings (SSSR count). The van der Waals surface area contributed by atoms with E-state index < -0.39 is 0 Å². The molecule has 2 atom stereocenters. The highest BCUT2D eigenvalue weighted by Gasteiger charge is 2.41. The summed E-state index contributed by atoms with van der Waals surface area (Å²) in [6, 6.07) is -0.666. The van der Waals surface area contributed by atoms with Crippen molar-refractivity contribution < 1.29 is 14.3 Å². The molecule has 0 aromatic carbocycles. The Kier molecular flexibility index (Phi) is 5.40. The standard InChI is InChI=1S/C15H26N2O3/c1-11-14(18)16-13(12-7-4-3-5-8-12)15(19)17(11)9-6-10-20-2/h11-13H,3-10H2,1-2H3,(H,16,18). The Balaban J connectivity index is 2.02. The second-order valence-corrected chi connectivity index (χ2v) is 5.94. The molecule has 2 fully saturated rings. The van der Waals surface area contributed by atoms with Crippen LogP contribution in [0.25, 0.3) is 0 Å². The van der Waals surface area contributed by atoms with Gasteiger partial charge in [-0.2, -0.15) is 0 Å². The van der Waals surface area contributed by atoms with Gasteiger partial charge in [-0.1, -0.05) is 19.3 Å². The van der Waals surface area contributed by atoms with E-state index in [2.05, 4.69) is 5.32 Å². The summed E-state index contributed by atoms with van der Waals surface area (Å²) in [6.07, 6.45) is 6.47. The fraction of sp³-hybridized carbons (Fsp3) is 0.867. The quantitative estimate of drug-likeness (QED) is 0.774. The van der Waals surface area contributed by atoms with Crippen LogP contribution in [0.5, 0.6) is 0 Å². The minimum Gasteiger partial charge on any atom is -0.385 e. The molecule has 0 bridgehead atoms. The molecule has 0 radical (unpaired) electrons. The van der Waals surface area contributed by atoms with Crippen molar-refractivity contribution in [3.8, 4) is 0 Å². The van der Waals surface area contributed by atoms with Crippen molar-refractivity contribution in [1.82, 2.24) is 10.2 Å². The number of hydrogen-bond acceptors (Lipinski definition) is 3. The van der Waals surface area contributed by atoms with Crippen LogP contribution in [-0.2, 0) is 14.3 Å². The predicted octanol–water partition coefficient (Wildman–Crippen LogP) is 1.32. The normalized spacial score (nSPS) is 28.6. The molecular formula is C15H26N2O3. The van der Waals surface area contributed by atoms with E-state index in [1.807, 2.05) is 0 Å². The first-order valence-electron chi connectivity index (χ1n) is 7.75. The number of methoxy groups -OCH3 is 1. The number of carbonyl (C=O) groups excluding carboxylic acids is 2. The predicted molar refractivity (Wildman–Crippen MR) is 76.2 cm³/mol. The van der Waals surface area contributed by atoms with Crippen LogP contribution in [0.1, 0.15) is 45.4 Å². The van der Waals surface area contributed by atoms with Gasteiger partial charge in [0.25, 0.3) is 0 Å². The van der Waals surface area contributed by atoms with Crippen molar-refractivity contribution in [3.05, 3.63) is 0 Å². The smallest absolute Gasteiger partial charge is 0.246 e. The van der Waals surface area contributed by atoms with E-state index in [4.69, 9.17) is 4.74 Å². The van der Waals surface area contributed by atoms with Gasteiger partial charge in [-0.15, -0.1) is 0 Å². The molecular weight excluding hydrogens is 256 g/mol. The molecule has 114 valence electrons. The topological polar surface area (TPSA) is 58.6 Å². The van der Waals surface area contributed by atoms with Crippen molar-refractivity contribution in [1.29, 1.82) is 0 Å². The van der Waals surface area contributed by atoms with Gasteiger partial charge in [-0.25, -0.2) is 0 Å². The van der Waals surface area contributed by atoms with E-state index in [1.165, 1.54) is 19.3 Å². The lowest BCUT2D eigenvalue weighted by Gasteiger charge is -2.41. The number of nitrogens with zero attached hydrogens (tertiary/aromatic N) is 1. The maximum atomic E-state index is 12.6. The van der Waals surface area contributed by atoms with Gasteiger partial charge in [0.2, 0.25) is 11.8 Å². The van der Waals surface area contributed by atoms with E-state index >= 15 is 0 Å². The second kappa shape index (κ2) is 7.07. The van der Waals surface area contributed by atoms with Gasteiger partial charge in [0.15, 0.2) is 0 Å². The summed E-state index contributed by atoms with van der Waals surface area (Å²) < 4.78 is 5.03. The number of piperazine rings is 1. The number of nitrogens with one attached hydrogen (secondary N) is 1. The van der Waals surface area contributed by atoms with Crippen molar-refractivity contribution in [3.63, 3.8) is 0 Å². The first-order chi connectivity index (χ1) is 9.65. The molecule has 0 spiro atoms. The molecule has 2 amide bonds. The Labute approximate surface area is 121 Å². The number of carbonyl (C=O) groups is 2. The lowest BCUT2D eigenvalue weighted by molar-refractivity contribution is -0.150. The van der Waals surface area contributed by atoms with Gasteiger partial charge in [0.05, 0.1) is 0 Å². The maximum absolute atomic E-state index is 12.6. The van der Waals surface area contributed by atoms with Crippen molar-refractivity contribution >= 4 is 11.8 Å². The van der Waals surface area contributed by atoms with Gasteiger partial charge in [-0.05, 0) is 32.1 Å². The van der Waals surface area contributed by atoms with Crippen molar-refractivity contribution in [2.75, 3.05) is 20.3 Å². The molecule has 1 N–H and O–H groups in total. The van der Waals surface area contributed by atoms with Gasteiger partial charge >= 0.3 is 0 Å². The van der Waals surface area contributed by atoms with Crippen LogP contribution in [0.4, 0.5) is 0 Å². The van der Waals surface area contributed by atoms with Crippen LogP contribution < -0.4 is 5.32 Å². The summed E-state index contributed by atoms with van der Waals surface area (Å²) in [5.74, 6) is 0.398. The lowest BCUT2D eigenvalue weighted by atomic mass is 9.82. The molecule has 2 aliphatic rings. The molecule has 1 aliphatic heterocycles. The molecule has 2 unspecified atom stereocenters. The Hall–Kier alpha value is -1.10. The summed E-state index contributed by atoms with van der Waals surface area (Å²) >= 11 is 0. The first kappa shape index (κ1) is 15.3. The third kappa shape index (κ3) is 3.32. The van der Waals surface area contributed by atoms with E-state index in [0.717, 1.165) is 19.3 Å². The van der Waals surface area contributed by atoms with Crippen LogP contribution in [0.2, 0.25) is 0 Å². The van der Waals surface area contributed by atoms with Crippen LogP contribution in [0.15, 0.2) is 0 Å². The highest BCUT2D eigenvalue weighted by atomic mass is 16.5. The molecule has 1 saturated heterocycles. The maximum Gasteiger partial charge on any atom is 0.246 e. The van der Waals surface area contributed by atoms with Gasteiger partial charge in [-0.3, -0.25) is 9.59 Å². The highest BCUT2D eigenvalue weighted by molar-refractivity contribution is 5.96. The average molecular weight is 282 g/mol. The molecule has 1 saturated carbocycles. The van der Waals surface area contributed by atoms with Crippen LogP contribution in [0.3, 0.4) is 0 Å². The van der Waals surface area contributed by atoms with Crippen LogP contribution in [-0.4, -0.2) is 49.1 Å². The molecule has 1 heterocycles. The SMILES string of the molecule is COCCCN1C(=O)C(C2CCCCC2)NC(=O)C1C. The largest absolute Gasteiger partial charge is 0.385 e. The fourth-order valence-corrected chi connectivity index (χ4v) is 3.32. The van der Waals surface area contributed by atoms with E-state index in [-0.39, 0.29) is 23.9 Å². The average Bonchev–Trinajstić information content (AvgIpc) is 2.47. The highest BCUT2D eigenvalue weighted by Crippen LogP contribution is 2.29. The lowest BCUT2D eigenvalue weighted by Crippen LogP contribution is -2.64. The molecule has 1 aliphatic carbocycles. The third-order valence-electron chi connectivity index (χ3n) is 4.56. The van der Waals surface area contributed by atoms with E-state index in [0.29, 0.717) is 19.1 Å². The van der Waals surface area contributed by atoms with Gasteiger partial charge in [0, 0.05) is 20.3 Å². The zero-order valence-electron chi connectivity index (χ0n) is 12.6. The summed E-state index contributed by atoms with van der Waals surface area (Å²) in [5, 5.41) is 2.94. The van der Waals surface area contributed by atoms with Crippen molar-refractivity contribution in [2.45, 2.75) is 57.5 Å². The number of amides is 2. The molecule has 0 aromatic heterocycles.